The van der Waals surface area contributed by atoms with E-state index in [9.17, 15) is 14.4 Å². The number of amides is 2. The van der Waals surface area contributed by atoms with Gasteiger partial charge in [0.05, 0.1) is 12.2 Å². The molecule has 0 aromatic carbocycles. The van der Waals surface area contributed by atoms with Gasteiger partial charge in [0.15, 0.2) is 0 Å². The Hall–Kier alpha value is -2.09. The van der Waals surface area contributed by atoms with E-state index in [0.29, 0.717) is 17.0 Å². The number of carbonyl (C=O) groups excluding carboxylic acids is 2. The minimum absolute atomic E-state index is 0.0422. The lowest BCUT2D eigenvalue weighted by Gasteiger charge is -2.25. The van der Waals surface area contributed by atoms with Crippen LogP contribution in [0.1, 0.15) is 48.8 Å². The summed E-state index contributed by atoms with van der Waals surface area (Å²) < 4.78 is 4.96. The van der Waals surface area contributed by atoms with Crippen LogP contribution >= 0.6 is 11.3 Å². The number of hydrogen-bond acceptors (Lipinski definition) is 5. The average Bonchev–Trinajstić information content (AvgIpc) is 2.77. The number of carboxylic acid groups (broad SMARTS) is 1. The van der Waals surface area contributed by atoms with E-state index >= 15 is 0 Å². The summed E-state index contributed by atoms with van der Waals surface area (Å²) >= 11 is 1.27. The Morgan fingerprint density at radius 2 is 2.00 bits per heavy atom. The Morgan fingerprint density at radius 3 is 2.57 bits per heavy atom. The molecule has 1 rings (SSSR count). The summed E-state index contributed by atoms with van der Waals surface area (Å²) in [6, 6.07) is 1.17. The zero-order chi connectivity index (χ0) is 17.6. The van der Waals surface area contributed by atoms with E-state index in [2.05, 4.69) is 10.6 Å². The van der Waals surface area contributed by atoms with Crippen LogP contribution in [0, 0.1) is 6.92 Å². The number of esters is 1. The molecule has 1 aromatic rings. The molecule has 1 heterocycles. The molecule has 2 amide bonds. The fourth-order valence-electron chi connectivity index (χ4n) is 1.89. The molecule has 8 heteroatoms. The minimum atomic E-state index is -0.918. The number of aliphatic carboxylic acids is 1. The molecule has 0 fully saturated rings. The van der Waals surface area contributed by atoms with Crippen molar-refractivity contribution in [3.63, 3.8) is 0 Å². The Morgan fingerprint density at radius 1 is 1.35 bits per heavy atom. The first-order valence-corrected chi connectivity index (χ1v) is 8.05. The fraction of sp³-hybridized carbons (Fsp3) is 0.533. The fourth-order valence-corrected chi connectivity index (χ4v) is 2.79. The maximum absolute atomic E-state index is 12.1. The standard InChI is InChI=1S/C15H22N2O5S/c1-5-22-13(20)10-8-9(2)23-12(10)16-14(21)17-15(3,4)7-6-11(18)19/h8H,5-7H2,1-4H3,(H,18,19)(H2,16,17,21). The number of nitrogens with one attached hydrogen (secondary N) is 2. The van der Waals surface area contributed by atoms with Crippen molar-refractivity contribution < 1.29 is 24.2 Å². The number of thiophene rings is 1. The number of urea groups is 1. The first kappa shape index (κ1) is 19.0. The smallest absolute Gasteiger partial charge is 0.341 e. The van der Waals surface area contributed by atoms with Crippen molar-refractivity contribution in [1.29, 1.82) is 0 Å². The van der Waals surface area contributed by atoms with E-state index in [0.717, 1.165) is 4.88 Å². The van der Waals surface area contributed by atoms with Gasteiger partial charge in [-0.25, -0.2) is 9.59 Å². The molecule has 0 aliphatic carbocycles. The van der Waals surface area contributed by atoms with Gasteiger partial charge in [-0.2, -0.15) is 0 Å². The summed E-state index contributed by atoms with van der Waals surface area (Å²) in [5, 5.41) is 14.5. The number of aryl methyl sites for hydroxylation is 1. The highest BCUT2D eigenvalue weighted by molar-refractivity contribution is 7.16. The van der Waals surface area contributed by atoms with Crippen LogP contribution in [0.15, 0.2) is 6.07 Å². The maximum Gasteiger partial charge on any atom is 0.341 e. The molecule has 0 atom stereocenters. The van der Waals surface area contributed by atoms with Crippen LogP contribution in [-0.4, -0.2) is 35.2 Å². The van der Waals surface area contributed by atoms with Crippen LogP contribution in [0.4, 0.5) is 9.80 Å². The molecule has 0 bridgehead atoms. The Bertz CT molecular complexity index is 595. The van der Waals surface area contributed by atoms with Gasteiger partial charge in [-0.1, -0.05) is 0 Å². The Kier molecular flexibility index (Phi) is 6.56. The van der Waals surface area contributed by atoms with E-state index in [-0.39, 0.29) is 13.0 Å². The van der Waals surface area contributed by atoms with Crippen molar-refractivity contribution in [2.75, 3.05) is 11.9 Å². The third kappa shape index (κ3) is 6.27. The zero-order valence-electron chi connectivity index (χ0n) is 13.7. The molecular weight excluding hydrogens is 320 g/mol. The average molecular weight is 342 g/mol. The predicted molar refractivity (Wildman–Crippen MR) is 88.1 cm³/mol. The van der Waals surface area contributed by atoms with Crippen molar-refractivity contribution in [2.45, 2.75) is 46.1 Å². The molecule has 0 aliphatic rings. The van der Waals surface area contributed by atoms with E-state index in [4.69, 9.17) is 9.84 Å². The second kappa shape index (κ2) is 7.96. The first-order valence-electron chi connectivity index (χ1n) is 7.23. The summed E-state index contributed by atoms with van der Waals surface area (Å²) in [5.41, 5.74) is -0.369. The number of carbonyl (C=O) groups is 3. The van der Waals surface area contributed by atoms with Crippen molar-refractivity contribution >= 4 is 34.3 Å². The van der Waals surface area contributed by atoms with Gasteiger partial charge in [0.25, 0.3) is 0 Å². The van der Waals surface area contributed by atoms with Gasteiger partial charge in [-0.15, -0.1) is 11.3 Å². The molecular formula is C15H22N2O5S. The summed E-state index contributed by atoms with van der Waals surface area (Å²) in [4.78, 5) is 35.5. The lowest BCUT2D eigenvalue weighted by atomic mass is 9.99. The highest BCUT2D eigenvalue weighted by atomic mass is 32.1. The van der Waals surface area contributed by atoms with E-state index in [1.807, 2.05) is 6.92 Å². The SMILES string of the molecule is CCOC(=O)c1cc(C)sc1NC(=O)NC(C)(C)CCC(=O)O. The van der Waals surface area contributed by atoms with Gasteiger partial charge in [-0.05, 0) is 40.2 Å². The number of carboxylic acids is 1. The summed E-state index contributed by atoms with van der Waals surface area (Å²) in [7, 11) is 0. The van der Waals surface area contributed by atoms with Crippen LogP contribution in [0.3, 0.4) is 0 Å². The molecule has 0 saturated carbocycles. The molecule has 7 nitrogen and oxygen atoms in total. The largest absolute Gasteiger partial charge is 0.481 e. The van der Waals surface area contributed by atoms with Gasteiger partial charge in [0.1, 0.15) is 5.00 Å². The molecule has 23 heavy (non-hydrogen) atoms. The summed E-state index contributed by atoms with van der Waals surface area (Å²) in [6.07, 6.45) is 0.253. The highest BCUT2D eigenvalue weighted by Gasteiger charge is 2.23. The molecule has 0 spiro atoms. The lowest BCUT2D eigenvalue weighted by molar-refractivity contribution is -0.137. The van der Waals surface area contributed by atoms with Crippen molar-refractivity contribution in [2.24, 2.45) is 0 Å². The predicted octanol–water partition coefficient (Wildman–Crippen LogP) is 3.00. The van der Waals surface area contributed by atoms with E-state index in [1.165, 1.54) is 11.3 Å². The summed E-state index contributed by atoms with van der Waals surface area (Å²) in [6.45, 7) is 7.26. The minimum Gasteiger partial charge on any atom is -0.481 e. The van der Waals surface area contributed by atoms with Gasteiger partial charge >= 0.3 is 18.0 Å². The van der Waals surface area contributed by atoms with Crippen molar-refractivity contribution in [3.05, 3.63) is 16.5 Å². The molecule has 0 aliphatic heterocycles. The van der Waals surface area contributed by atoms with E-state index < -0.39 is 23.5 Å². The number of ether oxygens (including phenoxy) is 1. The van der Waals surface area contributed by atoms with Crippen molar-refractivity contribution in [3.8, 4) is 0 Å². The van der Waals surface area contributed by atoms with Gasteiger partial charge < -0.3 is 15.2 Å². The van der Waals surface area contributed by atoms with Crippen LogP contribution in [0.5, 0.6) is 0 Å². The molecule has 0 saturated heterocycles. The third-order valence-electron chi connectivity index (χ3n) is 2.99. The molecule has 0 unspecified atom stereocenters. The van der Waals surface area contributed by atoms with Crippen LogP contribution < -0.4 is 10.6 Å². The van der Waals surface area contributed by atoms with Crippen LogP contribution in [0.25, 0.3) is 0 Å². The maximum atomic E-state index is 12.1. The van der Waals surface area contributed by atoms with Crippen LogP contribution in [-0.2, 0) is 9.53 Å². The van der Waals surface area contributed by atoms with Gasteiger partial charge in [-0.3, -0.25) is 10.1 Å². The Balaban J connectivity index is 2.74. The molecule has 3 N–H and O–H groups in total. The topological polar surface area (TPSA) is 105 Å². The van der Waals surface area contributed by atoms with Crippen LogP contribution in [0.2, 0.25) is 0 Å². The zero-order valence-corrected chi connectivity index (χ0v) is 14.5. The van der Waals surface area contributed by atoms with Gasteiger partial charge in [0.2, 0.25) is 0 Å². The number of anilines is 1. The normalized spacial score (nSPS) is 11.0. The third-order valence-corrected chi connectivity index (χ3v) is 3.96. The van der Waals surface area contributed by atoms with E-state index in [1.54, 1.807) is 26.8 Å². The monoisotopic (exact) mass is 342 g/mol. The second-order valence-corrected chi connectivity index (χ2v) is 6.93. The van der Waals surface area contributed by atoms with Gasteiger partial charge in [0, 0.05) is 16.8 Å². The van der Waals surface area contributed by atoms with Crippen molar-refractivity contribution in [1.82, 2.24) is 5.32 Å². The Labute approximate surface area is 139 Å². The number of hydrogen-bond donors (Lipinski definition) is 3. The molecule has 128 valence electrons. The molecule has 0 radical (unpaired) electrons. The molecule has 1 aromatic heterocycles. The second-order valence-electron chi connectivity index (χ2n) is 5.68. The quantitative estimate of drug-likeness (QED) is 0.661. The number of rotatable bonds is 7. The lowest BCUT2D eigenvalue weighted by Crippen LogP contribution is -2.45. The highest BCUT2D eigenvalue weighted by Crippen LogP contribution is 2.28. The summed E-state index contributed by atoms with van der Waals surface area (Å²) in [5.74, 6) is -1.41. The first-order chi connectivity index (χ1) is 10.6.